The molecule has 0 aromatic carbocycles. The summed E-state index contributed by atoms with van der Waals surface area (Å²) < 4.78 is 34.9. The first kappa shape index (κ1) is 17.7. The normalized spacial score (nSPS) is 13.3. The zero-order chi connectivity index (χ0) is 15.9. The van der Waals surface area contributed by atoms with Crippen LogP contribution in [-0.4, -0.2) is 53.1 Å². The molecule has 8 nitrogen and oxygen atoms in total. The summed E-state index contributed by atoms with van der Waals surface area (Å²) >= 11 is 0. The zero-order valence-corrected chi connectivity index (χ0v) is 12.8. The molecule has 1 heterocycles. The summed E-state index contributed by atoms with van der Waals surface area (Å²) in [4.78, 5) is 11.2. The van der Waals surface area contributed by atoms with Crippen LogP contribution >= 0.6 is 7.60 Å². The highest BCUT2D eigenvalue weighted by Crippen LogP contribution is 2.48. The van der Waals surface area contributed by atoms with Gasteiger partial charge in [-0.25, -0.2) is 0 Å². The lowest BCUT2D eigenvalue weighted by Crippen LogP contribution is -2.24. The fraction of sp³-hybridized carbons (Fsp3) is 0.727. The summed E-state index contributed by atoms with van der Waals surface area (Å²) in [7, 11) is -1.03. The monoisotopic (exact) mass is 323 g/mol. The Bertz CT molecular complexity index is 502. The van der Waals surface area contributed by atoms with Crippen molar-refractivity contribution >= 4 is 13.6 Å². The van der Waals surface area contributed by atoms with E-state index in [1.54, 1.807) is 6.20 Å². The van der Waals surface area contributed by atoms with Gasteiger partial charge in [-0.05, 0) is 12.8 Å². The van der Waals surface area contributed by atoms with E-state index in [-0.39, 0.29) is 12.7 Å². The SMILES string of the molecule is COP(=O)(CC(Cn1cc(CCCF)nn1)C(=O)O)OC. The van der Waals surface area contributed by atoms with Crippen LogP contribution in [0, 0.1) is 5.92 Å². The van der Waals surface area contributed by atoms with Crippen LogP contribution in [-0.2, 0) is 31.4 Å². The van der Waals surface area contributed by atoms with Crippen molar-refractivity contribution in [2.75, 3.05) is 27.1 Å². The molecule has 1 rings (SSSR count). The highest BCUT2D eigenvalue weighted by Gasteiger charge is 2.31. The van der Waals surface area contributed by atoms with Crippen LogP contribution in [0.1, 0.15) is 12.1 Å². The van der Waals surface area contributed by atoms with Gasteiger partial charge in [-0.15, -0.1) is 5.10 Å². The molecule has 21 heavy (non-hydrogen) atoms. The molecule has 0 aliphatic rings. The fourth-order valence-corrected chi connectivity index (χ4v) is 2.98. The van der Waals surface area contributed by atoms with Gasteiger partial charge in [-0.1, -0.05) is 5.21 Å². The number of aromatic nitrogens is 3. The zero-order valence-electron chi connectivity index (χ0n) is 11.9. The Kier molecular flexibility index (Phi) is 6.94. The summed E-state index contributed by atoms with van der Waals surface area (Å²) in [5.74, 6) is -2.13. The number of hydrogen-bond acceptors (Lipinski definition) is 6. The van der Waals surface area contributed by atoms with Crippen LogP contribution in [0.25, 0.3) is 0 Å². The van der Waals surface area contributed by atoms with Gasteiger partial charge in [-0.3, -0.25) is 18.4 Å². The molecular formula is C11H19FN3O5P. The van der Waals surface area contributed by atoms with E-state index in [4.69, 9.17) is 9.05 Å². The van der Waals surface area contributed by atoms with Crippen molar-refractivity contribution in [1.29, 1.82) is 0 Å². The van der Waals surface area contributed by atoms with Gasteiger partial charge >= 0.3 is 13.6 Å². The number of nitrogens with zero attached hydrogens (tertiary/aromatic N) is 3. The van der Waals surface area contributed by atoms with Gasteiger partial charge in [0, 0.05) is 20.4 Å². The van der Waals surface area contributed by atoms with Crippen LogP contribution in [0.2, 0.25) is 0 Å². The predicted octanol–water partition coefficient (Wildman–Crippen LogP) is 1.37. The lowest BCUT2D eigenvalue weighted by molar-refractivity contribution is -0.141. The number of aliphatic carboxylic acids is 1. The first-order chi connectivity index (χ1) is 9.94. The average Bonchev–Trinajstić information content (AvgIpc) is 2.91. The Labute approximate surface area is 121 Å². The molecule has 1 aromatic heterocycles. The number of alkyl halides is 1. The molecule has 0 saturated heterocycles. The van der Waals surface area contributed by atoms with Gasteiger partial charge in [0.1, 0.15) is 0 Å². The molecule has 1 atom stereocenters. The van der Waals surface area contributed by atoms with Crippen molar-refractivity contribution in [1.82, 2.24) is 15.0 Å². The second kappa shape index (κ2) is 8.21. The molecule has 120 valence electrons. The Hall–Kier alpha value is -1.31. The third-order valence-corrected chi connectivity index (χ3v) is 4.91. The molecule has 0 aliphatic carbocycles. The number of halogens is 1. The minimum Gasteiger partial charge on any atom is -0.481 e. The Balaban J connectivity index is 2.72. The highest BCUT2D eigenvalue weighted by molar-refractivity contribution is 7.53. The number of carbonyl (C=O) groups is 1. The Morgan fingerprint density at radius 3 is 2.71 bits per heavy atom. The second-order valence-corrected chi connectivity index (χ2v) is 6.74. The largest absolute Gasteiger partial charge is 0.481 e. The molecule has 0 bridgehead atoms. The molecule has 0 amide bonds. The van der Waals surface area contributed by atoms with E-state index >= 15 is 0 Å². The summed E-state index contributed by atoms with van der Waals surface area (Å²) in [6.07, 6.45) is 2.05. The maximum atomic E-state index is 12.1. The Morgan fingerprint density at radius 1 is 1.52 bits per heavy atom. The smallest absolute Gasteiger partial charge is 0.331 e. The molecule has 0 aliphatic heterocycles. The number of rotatable bonds is 10. The van der Waals surface area contributed by atoms with Crippen LogP contribution in [0.15, 0.2) is 6.20 Å². The molecule has 0 fully saturated rings. The molecular weight excluding hydrogens is 304 g/mol. The van der Waals surface area contributed by atoms with Crippen molar-refractivity contribution in [2.24, 2.45) is 5.92 Å². The molecule has 0 radical (unpaired) electrons. The quantitative estimate of drug-likeness (QED) is 0.648. The van der Waals surface area contributed by atoms with Crippen LogP contribution in [0.5, 0.6) is 0 Å². The second-order valence-electron chi connectivity index (χ2n) is 4.42. The van der Waals surface area contributed by atoms with Gasteiger partial charge in [-0.2, -0.15) is 0 Å². The van der Waals surface area contributed by atoms with E-state index in [0.717, 1.165) is 0 Å². The van der Waals surface area contributed by atoms with Crippen molar-refractivity contribution in [3.05, 3.63) is 11.9 Å². The van der Waals surface area contributed by atoms with Crippen LogP contribution < -0.4 is 0 Å². The van der Waals surface area contributed by atoms with E-state index in [1.165, 1.54) is 18.9 Å². The van der Waals surface area contributed by atoms with E-state index in [2.05, 4.69) is 10.3 Å². The molecule has 1 aromatic rings. The Morgan fingerprint density at radius 2 is 2.19 bits per heavy atom. The summed E-state index contributed by atoms with van der Waals surface area (Å²) in [6, 6.07) is 0. The molecule has 1 N–H and O–H groups in total. The standard InChI is InChI=1S/C11H19FN3O5P/c1-19-21(18,20-2)8-9(11(16)17)6-15-7-10(13-14-15)4-3-5-12/h7,9H,3-6,8H2,1-2H3,(H,16,17). The van der Waals surface area contributed by atoms with Crippen molar-refractivity contribution in [3.63, 3.8) is 0 Å². The van der Waals surface area contributed by atoms with Crippen LogP contribution in [0.3, 0.4) is 0 Å². The van der Waals surface area contributed by atoms with E-state index in [1.807, 2.05) is 0 Å². The lowest BCUT2D eigenvalue weighted by Gasteiger charge is -2.18. The van der Waals surface area contributed by atoms with Gasteiger partial charge in [0.05, 0.1) is 31.0 Å². The molecule has 0 saturated carbocycles. The molecule has 1 unspecified atom stereocenters. The van der Waals surface area contributed by atoms with Crippen LogP contribution in [0.4, 0.5) is 4.39 Å². The number of carboxylic acids is 1. The minimum absolute atomic E-state index is 0.0192. The third-order valence-electron chi connectivity index (χ3n) is 2.91. The average molecular weight is 323 g/mol. The third kappa shape index (κ3) is 5.53. The summed E-state index contributed by atoms with van der Waals surface area (Å²) in [5, 5.41) is 16.8. The van der Waals surface area contributed by atoms with Gasteiger partial charge in [0.25, 0.3) is 0 Å². The fourth-order valence-electron chi connectivity index (χ4n) is 1.72. The first-order valence-electron chi connectivity index (χ1n) is 6.32. The molecule has 10 heteroatoms. The van der Waals surface area contributed by atoms with Gasteiger partial charge in [0.2, 0.25) is 0 Å². The van der Waals surface area contributed by atoms with Gasteiger partial charge in [0.15, 0.2) is 0 Å². The van der Waals surface area contributed by atoms with E-state index in [0.29, 0.717) is 18.5 Å². The molecule has 0 spiro atoms. The lowest BCUT2D eigenvalue weighted by atomic mass is 10.2. The predicted molar refractivity (Wildman–Crippen MR) is 71.9 cm³/mol. The maximum Gasteiger partial charge on any atom is 0.331 e. The van der Waals surface area contributed by atoms with Gasteiger partial charge < -0.3 is 14.2 Å². The first-order valence-corrected chi connectivity index (χ1v) is 8.05. The number of hydrogen-bond donors (Lipinski definition) is 1. The maximum absolute atomic E-state index is 12.1. The van der Waals surface area contributed by atoms with E-state index < -0.39 is 26.2 Å². The summed E-state index contributed by atoms with van der Waals surface area (Å²) in [5.41, 5.74) is 0.582. The minimum atomic E-state index is -3.43. The van der Waals surface area contributed by atoms with Crippen molar-refractivity contribution in [3.8, 4) is 0 Å². The van der Waals surface area contributed by atoms with E-state index in [9.17, 15) is 18.9 Å². The number of aryl methyl sites for hydroxylation is 1. The topological polar surface area (TPSA) is 104 Å². The summed E-state index contributed by atoms with van der Waals surface area (Å²) in [6.45, 7) is -0.468. The van der Waals surface area contributed by atoms with Crippen molar-refractivity contribution < 1.29 is 27.9 Å². The van der Waals surface area contributed by atoms with Crippen molar-refractivity contribution in [2.45, 2.75) is 19.4 Å². The highest BCUT2D eigenvalue weighted by atomic mass is 31.2. The number of carboxylic acid groups (broad SMARTS) is 1.